The van der Waals surface area contributed by atoms with Crippen LogP contribution in [0.2, 0.25) is 0 Å². The minimum Gasteiger partial charge on any atom is -0.464 e. The van der Waals surface area contributed by atoms with Crippen molar-refractivity contribution in [2.45, 2.75) is 13.8 Å². The lowest BCUT2D eigenvalue weighted by Gasteiger charge is -2.12. The van der Waals surface area contributed by atoms with E-state index in [2.05, 4.69) is 21.4 Å². The highest BCUT2D eigenvalue weighted by atomic mass is 16.5. The third-order valence-corrected chi connectivity index (χ3v) is 3.02. The summed E-state index contributed by atoms with van der Waals surface area (Å²) in [6.45, 7) is 3.86. The predicted molar refractivity (Wildman–Crippen MR) is 82.0 cm³/mol. The second-order valence-corrected chi connectivity index (χ2v) is 4.63. The van der Waals surface area contributed by atoms with E-state index in [9.17, 15) is 10.1 Å². The van der Waals surface area contributed by atoms with E-state index in [1.807, 2.05) is 19.1 Å². The number of ether oxygens (including phenoxy) is 1. The Kier molecular flexibility index (Phi) is 5.04. The van der Waals surface area contributed by atoms with Crippen molar-refractivity contribution in [2.75, 3.05) is 18.5 Å². The van der Waals surface area contributed by atoms with Crippen LogP contribution in [0.4, 0.5) is 5.82 Å². The van der Waals surface area contributed by atoms with Crippen LogP contribution in [0.3, 0.4) is 0 Å². The molecule has 2 heterocycles. The Bertz CT molecular complexity index is 708. The highest BCUT2D eigenvalue weighted by molar-refractivity contribution is 5.70. The summed E-state index contributed by atoms with van der Waals surface area (Å²) in [4.78, 5) is 19.1. The van der Waals surface area contributed by atoms with Crippen molar-refractivity contribution in [2.24, 2.45) is 0 Å². The monoisotopic (exact) mass is 296 g/mol. The van der Waals surface area contributed by atoms with Crippen molar-refractivity contribution < 1.29 is 9.53 Å². The van der Waals surface area contributed by atoms with Crippen molar-refractivity contribution in [3.63, 3.8) is 0 Å². The molecule has 0 spiro atoms. The maximum Gasteiger partial charge on any atom is 0.302 e. The number of nitrogens with zero attached hydrogens (tertiary/aromatic N) is 3. The van der Waals surface area contributed by atoms with Gasteiger partial charge in [0.25, 0.3) is 0 Å². The molecular weight excluding hydrogens is 280 g/mol. The van der Waals surface area contributed by atoms with Gasteiger partial charge in [0, 0.05) is 30.6 Å². The molecule has 2 aromatic heterocycles. The van der Waals surface area contributed by atoms with Crippen molar-refractivity contribution in [3.8, 4) is 17.2 Å². The number of carbonyl (C=O) groups is 1. The van der Waals surface area contributed by atoms with Gasteiger partial charge in [0.2, 0.25) is 0 Å². The average molecular weight is 296 g/mol. The van der Waals surface area contributed by atoms with Gasteiger partial charge in [0.05, 0.1) is 12.1 Å². The fraction of sp³-hybridized carbons (Fsp3) is 0.250. The molecule has 0 aliphatic rings. The molecule has 2 aromatic rings. The first-order valence-corrected chi connectivity index (χ1v) is 6.81. The Balaban J connectivity index is 2.21. The lowest BCUT2D eigenvalue weighted by Crippen LogP contribution is -2.13. The lowest BCUT2D eigenvalue weighted by molar-refractivity contribution is -0.140. The molecule has 2 rings (SSSR count). The summed E-state index contributed by atoms with van der Waals surface area (Å²) >= 11 is 0. The Morgan fingerprint density at radius 2 is 2.14 bits per heavy atom. The minimum absolute atomic E-state index is 0.229. The van der Waals surface area contributed by atoms with Crippen LogP contribution in [-0.2, 0) is 9.53 Å². The van der Waals surface area contributed by atoms with Crippen LogP contribution < -0.4 is 5.32 Å². The Hall–Kier alpha value is -2.94. The van der Waals surface area contributed by atoms with E-state index in [4.69, 9.17) is 4.74 Å². The molecule has 0 atom stereocenters. The van der Waals surface area contributed by atoms with E-state index in [0.29, 0.717) is 17.9 Å². The molecule has 0 saturated heterocycles. The van der Waals surface area contributed by atoms with E-state index >= 15 is 0 Å². The van der Waals surface area contributed by atoms with Crippen molar-refractivity contribution in [3.05, 3.63) is 41.9 Å². The average Bonchev–Trinajstić information content (AvgIpc) is 2.52. The van der Waals surface area contributed by atoms with Crippen LogP contribution in [0.25, 0.3) is 11.1 Å². The molecule has 1 N–H and O–H groups in total. The van der Waals surface area contributed by atoms with Gasteiger partial charge in [-0.25, -0.2) is 4.98 Å². The molecule has 0 saturated carbocycles. The standard InChI is InChI=1S/C16H16N4O2/c1-11-15(13-3-5-18-6-4-13)9-14(10-17)16(20-11)19-7-8-22-12(2)21/h3-6,9H,7-8H2,1-2H3,(H,19,20). The number of nitrogens with one attached hydrogen (secondary N) is 1. The number of pyridine rings is 2. The highest BCUT2D eigenvalue weighted by Crippen LogP contribution is 2.25. The van der Waals surface area contributed by atoms with E-state index in [0.717, 1.165) is 16.8 Å². The van der Waals surface area contributed by atoms with Crippen molar-refractivity contribution in [1.29, 1.82) is 5.26 Å². The summed E-state index contributed by atoms with van der Waals surface area (Å²) in [5.41, 5.74) is 3.10. The zero-order chi connectivity index (χ0) is 15.9. The largest absolute Gasteiger partial charge is 0.464 e. The fourth-order valence-corrected chi connectivity index (χ4v) is 2.01. The smallest absolute Gasteiger partial charge is 0.302 e. The number of anilines is 1. The second kappa shape index (κ2) is 7.18. The Morgan fingerprint density at radius 3 is 2.77 bits per heavy atom. The van der Waals surface area contributed by atoms with Crippen LogP contribution in [-0.4, -0.2) is 29.1 Å². The topological polar surface area (TPSA) is 87.9 Å². The van der Waals surface area contributed by atoms with Crippen LogP contribution in [0.5, 0.6) is 0 Å². The number of carbonyl (C=O) groups excluding carboxylic acids is 1. The Labute approximate surface area is 128 Å². The molecule has 22 heavy (non-hydrogen) atoms. The molecule has 0 bridgehead atoms. The fourth-order valence-electron chi connectivity index (χ4n) is 2.01. The SMILES string of the molecule is CC(=O)OCCNc1nc(C)c(-c2ccncc2)cc1C#N. The van der Waals surface area contributed by atoms with E-state index < -0.39 is 0 Å². The predicted octanol–water partition coefficient (Wildman–Crippen LogP) is 2.30. The Morgan fingerprint density at radius 1 is 1.41 bits per heavy atom. The maximum atomic E-state index is 10.7. The van der Waals surface area contributed by atoms with E-state index in [1.54, 1.807) is 18.5 Å². The molecule has 0 aliphatic carbocycles. The van der Waals surface area contributed by atoms with Crippen LogP contribution in [0, 0.1) is 18.3 Å². The van der Waals surface area contributed by atoms with Gasteiger partial charge < -0.3 is 10.1 Å². The number of aromatic nitrogens is 2. The number of aryl methyl sites for hydroxylation is 1. The molecule has 6 nitrogen and oxygen atoms in total. The number of hydrogen-bond acceptors (Lipinski definition) is 6. The highest BCUT2D eigenvalue weighted by Gasteiger charge is 2.10. The molecule has 0 fully saturated rings. The zero-order valence-electron chi connectivity index (χ0n) is 12.5. The normalized spacial score (nSPS) is 9.86. The van der Waals surface area contributed by atoms with Crippen LogP contribution in [0.15, 0.2) is 30.6 Å². The number of hydrogen-bond donors (Lipinski definition) is 1. The van der Waals surface area contributed by atoms with E-state index in [-0.39, 0.29) is 12.6 Å². The first kappa shape index (κ1) is 15.4. The molecule has 0 amide bonds. The maximum absolute atomic E-state index is 10.7. The van der Waals surface area contributed by atoms with Gasteiger partial charge in [0.1, 0.15) is 18.5 Å². The molecule has 0 aliphatic heterocycles. The number of esters is 1. The number of rotatable bonds is 5. The van der Waals surface area contributed by atoms with Crippen LogP contribution in [0.1, 0.15) is 18.2 Å². The van der Waals surface area contributed by atoms with Gasteiger partial charge in [-0.05, 0) is 30.7 Å². The van der Waals surface area contributed by atoms with Gasteiger partial charge in [-0.1, -0.05) is 0 Å². The first-order valence-electron chi connectivity index (χ1n) is 6.81. The van der Waals surface area contributed by atoms with Crippen molar-refractivity contribution >= 4 is 11.8 Å². The molecule has 6 heteroatoms. The third-order valence-electron chi connectivity index (χ3n) is 3.02. The second-order valence-electron chi connectivity index (χ2n) is 4.63. The van der Waals surface area contributed by atoms with E-state index in [1.165, 1.54) is 6.92 Å². The molecule has 0 aromatic carbocycles. The summed E-state index contributed by atoms with van der Waals surface area (Å²) in [5.74, 6) is 0.157. The van der Waals surface area contributed by atoms with Gasteiger partial charge in [-0.3, -0.25) is 9.78 Å². The molecule has 0 radical (unpaired) electrons. The van der Waals surface area contributed by atoms with Gasteiger partial charge in [-0.15, -0.1) is 0 Å². The summed E-state index contributed by atoms with van der Waals surface area (Å²) in [6.07, 6.45) is 3.40. The molecule has 112 valence electrons. The van der Waals surface area contributed by atoms with Gasteiger partial charge in [0.15, 0.2) is 0 Å². The third kappa shape index (κ3) is 3.79. The zero-order valence-corrected chi connectivity index (χ0v) is 12.5. The minimum atomic E-state index is -0.334. The summed E-state index contributed by atoms with van der Waals surface area (Å²) in [7, 11) is 0. The summed E-state index contributed by atoms with van der Waals surface area (Å²) in [5, 5.41) is 12.3. The summed E-state index contributed by atoms with van der Waals surface area (Å²) in [6, 6.07) is 7.68. The quantitative estimate of drug-likeness (QED) is 0.673. The molecule has 0 unspecified atom stereocenters. The van der Waals surface area contributed by atoms with Crippen LogP contribution >= 0.6 is 0 Å². The van der Waals surface area contributed by atoms with Gasteiger partial charge >= 0.3 is 5.97 Å². The number of nitriles is 1. The molecular formula is C16H16N4O2. The van der Waals surface area contributed by atoms with Gasteiger partial charge in [-0.2, -0.15) is 5.26 Å². The summed E-state index contributed by atoms with van der Waals surface area (Å²) < 4.78 is 4.84. The first-order chi connectivity index (χ1) is 10.6. The lowest BCUT2D eigenvalue weighted by atomic mass is 10.0. The van der Waals surface area contributed by atoms with Crippen molar-refractivity contribution in [1.82, 2.24) is 9.97 Å².